The summed E-state index contributed by atoms with van der Waals surface area (Å²) < 4.78 is 5.17. The van der Waals surface area contributed by atoms with Gasteiger partial charge in [-0.05, 0) is 37.6 Å². The van der Waals surface area contributed by atoms with Crippen molar-refractivity contribution < 1.29 is 9.53 Å². The van der Waals surface area contributed by atoms with Gasteiger partial charge in [0.25, 0.3) is 0 Å². The number of ether oxygens (including phenoxy) is 1. The lowest BCUT2D eigenvalue weighted by Gasteiger charge is -2.20. The molecule has 1 amide bonds. The van der Waals surface area contributed by atoms with Gasteiger partial charge in [0.2, 0.25) is 5.91 Å². The number of benzene rings is 1. The summed E-state index contributed by atoms with van der Waals surface area (Å²) in [5.74, 6) is 0.819. The van der Waals surface area contributed by atoms with E-state index in [9.17, 15) is 4.79 Å². The van der Waals surface area contributed by atoms with Crippen molar-refractivity contribution in [3.05, 3.63) is 29.1 Å². The van der Waals surface area contributed by atoms with Crippen LogP contribution in [-0.4, -0.2) is 18.0 Å². The number of nitrogens with one attached hydrogen (secondary N) is 1. The Morgan fingerprint density at radius 2 is 1.95 bits per heavy atom. The van der Waals surface area contributed by atoms with E-state index in [0.717, 1.165) is 28.3 Å². The van der Waals surface area contributed by atoms with Crippen molar-refractivity contribution >= 4 is 22.4 Å². The third-order valence-electron chi connectivity index (χ3n) is 3.88. The van der Waals surface area contributed by atoms with Crippen LogP contribution < -0.4 is 10.1 Å². The van der Waals surface area contributed by atoms with Crippen LogP contribution in [0.3, 0.4) is 0 Å². The number of aromatic nitrogens is 1. The highest BCUT2D eigenvalue weighted by Crippen LogP contribution is 2.32. The molecule has 0 aliphatic carbocycles. The molecule has 1 aromatic heterocycles. The third-order valence-corrected chi connectivity index (χ3v) is 4.77. The highest BCUT2D eigenvalue weighted by molar-refractivity contribution is 7.16. The number of thiazole rings is 1. The molecule has 0 bridgehead atoms. The molecule has 22 heavy (non-hydrogen) atoms. The zero-order valence-corrected chi connectivity index (χ0v) is 14.5. The molecule has 1 heterocycles. The number of amides is 1. The molecule has 0 saturated carbocycles. The van der Waals surface area contributed by atoms with E-state index in [1.807, 2.05) is 52.0 Å². The Balaban J connectivity index is 2.22. The van der Waals surface area contributed by atoms with Crippen LogP contribution in [0, 0.1) is 12.3 Å². The third kappa shape index (κ3) is 3.47. The first-order valence-corrected chi connectivity index (χ1v) is 8.12. The summed E-state index contributed by atoms with van der Waals surface area (Å²) in [5, 5.41) is 3.58. The first kappa shape index (κ1) is 16.5. The summed E-state index contributed by atoms with van der Waals surface area (Å²) in [7, 11) is 1.65. The molecule has 5 heteroatoms. The van der Waals surface area contributed by atoms with E-state index in [4.69, 9.17) is 4.74 Å². The van der Waals surface area contributed by atoms with Crippen molar-refractivity contribution in [2.24, 2.45) is 5.41 Å². The van der Waals surface area contributed by atoms with Crippen molar-refractivity contribution in [3.8, 4) is 17.0 Å². The highest BCUT2D eigenvalue weighted by atomic mass is 32.1. The topological polar surface area (TPSA) is 51.2 Å². The van der Waals surface area contributed by atoms with Gasteiger partial charge in [-0.25, -0.2) is 4.98 Å². The van der Waals surface area contributed by atoms with Crippen LogP contribution in [0.15, 0.2) is 24.3 Å². The maximum Gasteiger partial charge on any atom is 0.231 e. The summed E-state index contributed by atoms with van der Waals surface area (Å²) in [5.41, 5.74) is 1.53. The molecule has 2 aromatic rings. The molecule has 2 rings (SSSR count). The van der Waals surface area contributed by atoms with Crippen LogP contribution in [0.25, 0.3) is 11.3 Å². The van der Waals surface area contributed by atoms with Crippen LogP contribution in [0.4, 0.5) is 5.13 Å². The summed E-state index contributed by atoms with van der Waals surface area (Å²) >= 11 is 1.50. The van der Waals surface area contributed by atoms with E-state index in [-0.39, 0.29) is 11.3 Å². The fraction of sp³-hybridized carbons (Fsp3) is 0.412. The second kappa shape index (κ2) is 6.48. The largest absolute Gasteiger partial charge is 0.497 e. The van der Waals surface area contributed by atoms with E-state index in [2.05, 4.69) is 10.3 Å². The lowest BCUT2D eigenvalue weighted by Crippen LogP contribution is -2.29. The number of anilines is 1. The average molecular weight is 318 g/mol. The molecule has 0 aliphatic heterocycles. The molecule has 0 atom stereocenters. The number of rotatable bonds is 5. The predicted octanol–water partition coefficient (Wildman–Crippen LogP) is 4.50. The average Bonchev–Trinajstić information content (AvgIpc) is 2.87. The lowest BCUT2D eigenvalue weighted by atomic mass is 9.89. The van der Waals surface area contributed by atoms with Gasteiger partial charge >= 0.3 is 0 Å². The fourth-order valence-corrected chi connectivity index (χ4v) is 2.72. The van der Waals surface area contributed by atoms with Gasteiger partial charge in [-0.2, -0.15) is 0 Å². The fourth-order valence-electron chi connectivity index (χ4n) is 1.89. The van der Waals surface area contributed by atoms with Crippen LogP contribution in [0.2, 0.25) is 0 Å². The van der Waals surface area contributed by atoms with E-state index in [1.165, 1.54) is 11.3 Å². The van der Waals surface area contributed by atoms with E-state index < -0.39 is 0 Å². The maximum absolute atomic E-state index is 12.2. The predicted molar refractivity (Wildman–Crippen MR) is 91.5 cm³/mol. The van der Waals surface area contributed by atoms with Gasteiger partial charge < -0.3 is 10.1 Å². The summed E-state index contributed by atoms with van der Waals surface area (Å²) in [6.07, 6.45) is 0.786. The summed E-state index contributed by atoms with van der Waals surface area (Å²) in [4.78, 5) is 17.9. The Labute approximate surface area is 135 Å². The molecule has 4 nitrogen and oxygen atoms in total. The van der Waals surface area contributed by atoms with Gasteiger partial charge in [-0.3, -0.25) is 4.79 Å². The molecule has 1 N–H and O–H groups in total. The number of nitrogens with zero attached hydrogens (tertiary/aromatic N) is 1. The van der Waals surface area contributed by atoms with E-state index >= 15 is 0 Å². The van der Waals surface area contributed by atoms with Crippen LogP contribution in [0.1, 0.15) is 32.1 Å². The minimum atomic E-state index is -0.389. The van der Waals surface area contributed by atoms with Gasteiger partial charge in [0.15, 0.2) is 5.13 Å². The smallest absolute Gasteiger partial charge is 0.231 e. The summed E-state index contributed by atoms with van der Waals surface area (Å²) in [6.45, 7) is 7.90. The van der Waals surface area contributed by atoms with Crippen molar-refractivity contribution in [2.75, 3.05) is 12.4 Å². The Morgan fingerprint density at radius 3 is 2.50 bits per heavy atom. The lowest BCUT2D eigenvalue weighted by molar-refractivity contribution is -0.124. The molecule has 0 spiro atoms. The minimum absolute atomic E-state index is 0.00466. The number of carbonyl (C=O) groups is 1. The molecular formula is C17H22N2O2S. The van der Waals surface area contributed by atoms with Crippen molar-refractivity contribution in [1.82, 2.24) is 4.98 Å². The molecule has 0 unspecified atom stereocenters. The van der Waals surface area contributed by atoms with Crippen LogP contribution in [-0.2, 0) is 4.79 Å². The van der Waals surface area contributed by atoms with Crippen LogP contribution >= 0.6 is 11.3 Å². The molecular weight excluding hydrogens is 296 g/mol. The van der Waals surface area contributed by atoms with Gasteiger partial charge in [-0.15, -0.1) is 11.3 Å². The monoisotopic (exact) mass is 318 g/mol. The molecule has 0 radical (unpaired) electrons. The van der Waals surface area contributed by atoms with Crippen molar-refractivity contribution in [1.29, 1.82) is 0 Å². The second-order valence-corrected chi connectivity index (χ2v) is 7.05. The number of carbonyl (C=O) groups excluding carboxylic acids is 1. The van der Waals surface area contributed by atoms with Crippen LogP contribution in [0.5, 0.6) is 5.75 Å². The second-order valence-electron chi connectivity index (χ2n) is 5.84. The minimum Gasteiger partial charge on any atom is -0.497 e. The van der Waals surface area contributed by atoms with Gasteiger partial charge in [0.05, 0.1) is 12.8 Å². The Bertz CT molecular complexity index is 660. The Hall–Kier alpha value is -1.88. The standard InChI is InChI=1S/C17H22N2O2S/c1-6-17(3,4)15(20)19-16-18-14(11(2)22-16)12-7-9-13(21-5)10-8-12/h7-10H,6H2,1-5H3,(H,18,19,20). The number of hydrogen-bond donors (Lipinski definition) is 1. The first-order chi connectivity index (χ1) is 10.4. The van der Waals surface area contributed by atoms with Crippen molar-refractivity contribution in [2.45, 2.75) is 34.1 Å². The number of methoxy groups -OCH3 is 1. The molecule has 0 aliphatic rings. The van der Waals surface area contributed by atoms with Crippen molar-refractivity contribution in [3.63, 3.8) is 0 Å². The molecule has 1 aromatic carbocycles. The normalized spacial score (nSPS) is 11.3. The first-order valence-electron chi connectivity index (χ1n) is 7.30. The zero-order valence-electron chi connectivity index (χ0n) is 13.7. The maximum atomic E-state index is 12.2. The molecule has 0 saturated heterocycles. The zero-order chi connectivity index (χ0) is 16.3. The highest BCUT2D eigenvalue weighted by Gasteiger charge is 2.26. The van der Waals surface area contributed by atoms with Gasteiger partial charge in [0, 0.05) is 15.9 Å². The Morgan fingerprint density at radius 1 is 1.32 bits per heavy atom. The SMILES string of the molecule is CCC(C)(C)C(=O)Nc1nc(-c2ccc(OC)cc2)c(C)s1. The van der Waals surface area contributed by atoms with E-state index in [0.29, 0.717) is 5.13 Å². The molecule has 118 valence electrons. The number of hydrogen-bond acceptors (Lipinski definition) is 4. The summed E-state index contributed by atoms with van der Waals surface area (Å²) in [6, 6.07) is 7.77. The van der Waals surface area contributed by atoms with Gasteiger partial charge in [0.1, 0.15) is 5.75 Å². The number of aryl methyl sites for hydroxylation is 1. The quantitative estimate of drug-likeness (QED) is 0.883. The molecule has 0 fully saturated rings. The van der Waals surface area contributed by atoms with E-state index in [1.54, 1.807) is 7.11 Å². The Kier molecular flexibility index (Phi) is 4.86. The van der Waals surface area contributed by atoms with Gasteiger partial charge in [-0.1, -0.05) is 20.8 Å².